The van der Waals surface area contributed by atoms with Crippen molar-refractivity contribution >= 4 is 11.7 Å². The predicted octanol–water partition coefficient (Wildman–Crippen LogP) is 0.619. The van der Waals surface area contributed by atoms with Gasteiger partial charge in [-0.15, -0.1) is 0 Å². The maximum absolute atomic E-state index is 12.4. The molecule has 2 aromatic rings. The summed E-state index contributed by atoms with van der Waals surface area (Å²) in [5.74, 6) is 0.959. The van der Waals surface area contributed by atoms with Crippen LogP contribution in [0.5, 0.6) is 5.75 Å². The highest BCUT2D eigenvalue weighted by Crippen LogP contribution is 2.19. The molecule has 2 unspecified atom stereocenters. The van der Waals surface area contributed by atoms with E-state index in [0.717, 1.165) is 11.3 Å². The molecule has 8 nitrogen and oxygen atoms in total. The number of ether oxygens (including phenoxy) is 2. The fraction of sp³-hybridized carbons (Fsp3) is 0.444. The molecule has 2 atom stereocenters. The van der Waals surface area contributed by atoms with Gasteiger partial charge in [0.05, 0.1) is 24.9 Å². The number of carbonyl (C=O) groups excluding carboxylic acids is 1. The van der Waals surface area contributed by atoms with Crippen LogP contribution in [0.3, 0.4) is 0 Å². The summed E-state index contributed by atoms with van der Waals surface area (Å²) in [7, 11) is 0. The molecule has 0 saturated carbocycles. The number of nitrogens with two attached hydrogens (primary N) is 1. The van der Waals surface area contributed by atoms with E-state index in [1.807, 2.05) is 6.92 Å². The molecule has 140 valence electrons. The van der Waals surface area contributed by atoms with Crippen LogP contribution in [-0.4, -0.2) is 46.2 Å². The van der Waals surface area contributed by atoms with Crippen molar-refractivity contribution in [1.29, 1.82) is 0 Å². The number of hydrogen-bond donors (Lipinski definition) is 3. The molecular weight excluding hydrogens is 336 g/mol. The van der Waals surface area contributed by atoms with Crippen LogP contribution in [0.15, 0.2) is 30.3 Å². The lowest BCUT2D eigenvalue weighted by Gasteiger charge is -2.32. The SMILES string of the molecule is Cc1cc(N)n(CC(=O)NC2CCOCC2Oc2ccc(CO)cc2)n1. The van der Waals surface area contributed by atoms with E-state index >= 15 is 0 Å². The highest BCUT2D eigenvalue weighted by molar-refractivity contribution is 5.76. The number of aryl methyl sites for hydroxylation is 1. The summed E-state index contributed by atoms with van der Waals surface area (Å²) in [5.41, 5.74) is 7.42. The lowest BCUT2D eigenvalue weighted by Crippen LogP contribution is -2.52. The van der Waals surface area contributed by atoms with Crippen LogP contribution < -0.4 is 15.8 Å². The van der Waals surface area contributed by atoms with Gasteiger partial charge in [-0.25, -0.2) is 4.68 Å². The third-order valence-electron chi connectivity index (χ3n) is 4.27. The van der Waals surface area contributed by atoms with E-state index in [4.69, 9.17) is 20.3 Å². The number of aromatic nitrogens is 2. The quantitative estimate of drug-likeness (QED) is 0.696. The van der Waals surface area contributed by atoms with Gasteiger partial charge < -0.3 is 25.6 Å². The van der Waals surface area contributed by atoms with Crippen LogP contribution in [0.1, 0.15) is 17.7 Å². The van der Waals surface area contributed by atoms with E-state index in [1.54, 1.807) is 30.3 Å². The van der Waals surface area contributed by atoms with E-state index in [9.17, 15) is 4.79 Å². The van der Waals surface area contributed by atoms with Crippen LogP contribution in [0.25, 0.3) is 0 Å². The lowest BCUT2D eigenvalue weighted by atomic mass is 10.1. The van der Waals surface area contributed by atoms with Gasteiger partial charge in [0.2, 0.25) is 5.91 Å². The van der Waals surface area contributed by atoms with Crippen molar-refractivity contribution in [2.45, 2.75) is 38.6 Å². The van der Waals surface area contributed by atoms with Gasteiger partial charge in [0.1, 0.15) is 24.2 Å². The summed E-state index contributed by atoms with van der Waals surface area (Å²) in [4.78, 5) is 12.4. The van der Waals surface area contributed by atoms with Gasteiger partial charge in [-0.3, -0.25) is 4.79 Å². The minimum Gasteiger partial charge on any atom is -0.486 e. The molecule has 1 aromatic heterocycles. The number of carbonyl (C=O) groups is 1. The van der Waals surface area contributed by atoms with Crippen LogP contribution in [0.2, 0.25) is 0 Å². The normalized spacial score (nSPS) is 19.9. The zero-order valence-electron chi connectivity index (χ0n) is 14.7. The first-order chi connectivity index (χ1) is 12.5. The lowest BCUT2D eigenvalue weighted by molar-refractivity contribution is -0.124. The summed E-state index contributed by atoms with van der Waals surface area (Å²) in [6.45, 7) is 2.85. The van der Waals surface area contributed by atoms with Gasteiger partial charge in [-0.05, 0) is 31.0 Å². The highest BCUT2D eigenvalue weighted by Gasteiger charge is 2.29. The number of nitrogen functional groups attached to an aromatic ring is 1. The minimum atomic E-state index is -0.288. The third kappa shape index (κ3) is 4.53. The summed E-state index contributed by atoms with van der Waals surface area (Å²) in [6, 6.07) is 8.76. The minimum absolute atomic E-state index is 0.0124. The van der Waals surface area contributed by atoms with E-state index in [0.29, 0.717) is 31.2 Å². The largest absolute Gasteiger partial charge is 0.486 e. The van der Waals surface area contributed by atoms with Crippen molar-refractivity contribution in [2.75, 3.05) is 18.9 Å². The molecule has 26 heavy (non-hydrogen) atoms. The maximum atomic E-state index is 12.4. The number of nitrogens with one attached hydrogen (secondary N) is 1. The van der Waals surface area contributed by atoms with Gasteiger partial charge in [-0.1, -0.05) is 12.1 Å². The molecular formula is C18H24N4O4. The first-order valence-electron chi connectivity index (χ1n) is 8.58. The molecule has 0 aliphatic carbocycles. The standard InChI is InChI=1S/C18H24N4O4/c1-12-8-17(19)22(21-12)9-18(24)20-15-6-7-25-11-16(15)26-14-4-2-13(10-23)3-5-14/h2-5,8,15-16,23H,6-7,9-11,19H2,1H3,(H,20,24). The number of rotatable bonds is 6. The Morgan fingerprint density at radius 2 is 2.23 bits per heavy atom. The summed E-state index contributed by atoms with van der Waals surface area (Å²) in [6.07, 6.45) is 0.378. The monoisotopic (exact) mass is 360 g/mol. The smallest absolute Gasteiger partial charge is 0.242 e. The van der Waals surface area contributed by atoms with Crippen LogP contribution >= 0.6 is 0 Å². The number of aliphatic hydroxyl groups is 1. The van der Waals surface area contributed by atoms with Crippen LogP contribution in [0.4, 0.5) is 5.82 Å². The predicted molar refractivity (Wildman–Crippen MR) is 95.5 cm³/mol. The van der Waals surface area contributed by atoms with Crippen LogP contribution in [0, 0.1) is 6.92 Å². The summed E-state index contributed by atoms with van der Waals surface area (Å²) < 4.78 is 13.0. The Labute approximate surface area is 151 Å². The Bertz CT molecular complexity index is 744. The number of nitrogens with zero attached hydrogens (tertiary/aromatic N) is 2. The van der Waals surface area contributed by atoms with E-state index in [1.165, 1.54) is 4.68 Å². The Morgan fingerprint density at radius 1 is 1.46 bits per heavy atom. The first kappa shape index (κ1) is 18.2. The molecule has 1 amide bonds. The average Bonchev–Trinajstić information content (AvgIpc) is 2.94. The number of anilines is 1. The van der Waals surface area contributed by atoms with E-state index < -0.39 is 0 Å². The zero-order chi connectivity index (χ0) is 18.5. The second kappa shape index (κ2) is 8.20. The highest BCUT2D eigenvalue weighted by atomic mass is 16.5. The maximum Gasteiger partial charge on any atom is 0.242 e. The van der Waals surface area contributed by atoms with Gasteiger partial charge >= 0.3 is 0 Å². The Morgan fingerprint density at radius 3 is 2.88 bits per heavy atom. The zero-order valence-corrected chi connectivity index (χ0v) is 14.7. The topological polar surface area (TPSA) is 112 Å². The van der Waals surface area contributed by atoms with Crippen molar-refractivity contribution in [3.8, 4) is 5.75 Å². The molecule has 0 radical (unpaired) electrons. The van der Waals surface area contributed by atoms with Crippen LogP contribution in [-0.2, 0) is 22.7 Å². The molecule has 0 spiro atoms. The Kier molecular flexibility index (Phi) is 5.75. The second-order valence-corrected chi connectivity index (χ2v) is 6.36. The Hall–Kier alpha value is -2.58. The first-order valence-corrected chi connectivity index (χ1v) is 8.58. The van der Waals surface area contributed by atoms with Gasteiger partial charge in [0.25, 0.3) is 0 Å². The van der Waals surface area contributed by atoms with Gasteiger partial charge in [0, 0.05) is 12.7 Å². The number of hydrogen-bond acceptors (Lipinski definition) is 6. The fourth-order valence-electron chi connectivity index (χ4n) is 2.92. The number of aliphatic hydroxyl groups excluding tert-OH is 1. The summed E-state index contributed by atoms with van der Waals surface area (Å²) in [5, 5.41) is 16.3. The molecule has 4 N–H and O–H groups in total. The van der Waals surface area contributed by atoms with Gasteiger partial charge in [-0.2, -0.15) is 5.10 Å². The van der Waals surface area contributed by atoms with Gasteiger partial charge in [0.15, 0.2) is 0 Å². The molecule has 1 aromatic carbocycles. The fourth-order valence-corrected chi connectivity index (χ4v) is 2.92. The molecule has 2 heterocycles. The third-order valence-corrected chi connectivity index (χ3v) is 4.27. The van der Waals surface area contributed by atoms with Crippen molar-refractivity contribution in [3.63, 3.8) is 0 Å². The molecule has 1 aliphatic heterocycles. The van der Waals surface area contributed by atoms with Crippen molar-refractivity contribution in [1.82, 2.24) is 15.1 Å². The van der Waals surface area contributed by atoms with Crippen molar-refractivity contribution < 1.29 is 19.4 Å². The molecule has 0 bridgehead atoms. The molecule has 1 aliphatic rings. The molecule has 1 saturated heterocycles. The molecule has 1 fully saturated rings. The molecule has 8 heteroatoms. The Balaban J connectivity index is 1.60. The average molecular weight is 360 g/mol. The molecule has 3 rings (SSSR count). The number of amides is 1. The number of benzene rings is 1. The van der Waals surface area contributed by atoms with E-state index in [2.05, 4.69) is 10.4 Å². The second-order valence-electron chi connectivity index (χ2n) is 6.36. The van der Waals surface area contributed by atoms with Crippen molar-refractivity contribution in [2.24, 2.45) is 0 Å². The van der Waals surface area contributed by atoms with E-state index in [-0.39, 0.29) is 31.2 Å². The van der Waals surface area contributed by atoms with Crippen molar-refractivity contribution in [3.05, 3.63) is 41.6 Å². The summed E-state index contributed by atoms with van der Waals surface area (Å²) >= 11 is 0.